The molecule has 0 saturated carbocycles. The lowest BCUT2D eigenvalue weighted by molar-refractivity contribution is -0.385. The summed E-state index contributed by atoms with van der Waals surface area (Å²) in [5.41, 5.74) is 25.4. The first kappa shape index (κ1) is 72.0. The molecule has 5 N–H and O–H groups in total. The van der Waals surface area contributed by atoms with Gasteiger partial charge in [0, 0.05) is 68.8 Å². The number of nitro benzene ring substituents is 1. The summed E-state index contributed by atoms with van der Waals surface area (Å²) in [7, 11) is 2.61. The fraction of sp³-hybridized carbons (Fsp3) is 0.554. The molecule has 3 aromatic heterocycles. The summed E-state index contributed by atoms with van der Waals surface area (Å²) in [5.74, 6) is -0.823. The molecule has 3 aromatic carbocycles. The van der Waals surface area contributed by atoms with Gasteiger partial charge in [-0.25, -0.2) is 14.4 Å². The van der Waals surface area contributed by atoms with Gasteiger partial charge in [-0.15, -0.1) is 34.0 Å². The van der Waals surface area contributed by atoms with Crippen LogP contribution in [-0.2, 0) is 42.0 Å². The van der Waals surface area contributed by atoms with Crippen molar-refractivity contribution in [3.05, 3.63) is 129 Å². The minimum atomic E-state index is -0.990. The number of carbonyl (C=O) groups is 3. The Morgan fingerprint density at radius 1 is 0.495 bits per heavy atom. The second-order valence-electron chi connectivity index (χ2n) is 30.8. The number of carboxylic acid groups (broad SMARTS) is 1. The third kappa shape index (κ3) is 14.8. The van der Waals surface area contributed by atoms with E-state index in [0.29, 0.717) is 34.7 Å². The highest BCUT2D eigenvalue weighted by Gasteiger charge is 2.45. The molecule has 496 valence electrons. The van der Waals surface area contributed by atoms with Crippen LogP contribution in [0, 0.1) is 48.6 Å². The smallest absolute Gasteiger partial charge is 0.344 e. The molecule has 0 spiro atoms. The van der Waals surface area contributed by atoms with E-state index in [2.05, 4.69) is 160 Å². The third-order valence-corrected chi connectivity index (χ3v) is 24.0. The Hall–Kier alpha value is -6.43. The predicted octanol–water partition coefficient (Wildman–Crippen LogP) is 19.9. The largest absolute Gasteiger partial charge is 0.478 e. The zero-order chi connectivity index (χ0) is 68.2. The van der Waals surface area contributed by atoms with E-state index in [-0.39, 0.29) is 49.3 Å². The number of esters is 2. The monoisotopic (exact) mass is 1300 g/mol. The Kier molecular flexibility index (Phi) is 21.3. The molecule has 0 radical (unpaired) electrons. The molecule has 9 rings (SSSR count). The van der Waals surface area contributed by atoms with Crippen molar-refractivity contribution in [2.45, 2.75) is 216 Å². The number of hydrogen-bond acceptors (Lipinski definition) is 15. The van der Waals surface area contributed by atoms with Gasteiger partial charge < -0.3 is 40.7 Å². The highest BCUT2D eigenvalue weighted by Crippen LogP contribution is 2.58. The first-order chi connectivity index (χ1) is 42.0. The highest BCUT2D eigenvalue weighted by molar-refractivity contribution is 7.17. The molecule has 3 aliphatic carbocycles. The standard InChI is InChI=1S/C25H34N2O4S.C25H36N2O2S.C24H34N2O2S/c1-15(2)14-26(17-9-10-18(23(28)31-8)19(13-17)27(29)30)22-16(3)20-21(32-22)25(6,7)12-11-24(20,4)5;1-15(2)14-27(17-9-10-18(19(26)13-17)23(28)29-8)22-16(3)20-21(30-22)25(6,7)12-11-24(20,4)5;1-14(2)13-26(16-8-9-17(22(27)28)18(25)12-16)21-15(3)19-20(29-21)24(6,7)11-10-23(19,4)5/h9-10,13,15H,11-12,14H2,1-8H3;9-10,13,15H,11-12,14,26H2,1-8H3;8-9,12,14H,10-11,13,25H2,1-7H3,(H,27,28). The first-order valence-corrected chi connectivity index (χ1v) is 34.7. The third-order valence-electron chi connectivity index (χ3n) is 19.0. The number of thiophene rings is 3. The van der Waals surface area contributed by atoms with Gasteiger partial charge in [-0.2, -0.15) is 0 Å². The number of hydrogen-bond donors (Lipinski definition) is 3. The molecule has 0 bridgehead atoms. The molecule has 0 aliphatic heterocycles. The Bertz CT molecular complexity index is 3710. The minimum Gasteiger partial charge on any atom is -0.478 e. The number of benzene rings is 3. The van der Waals surface area contributed by atoms with Gasteiger partial charge in [-0.3, -0.25) is 10.1 Å². The molecule has 3 aliphatic rings. The molecule has 0 amide bonds. The van der Waals surface area contributed by atoms with Gasteiger partial charge in [0.1, 0.15) is 5.56 Å². The summed E-state index contributed by atoms with van der Waals surface area (Å²) >= 11 is 5.64. The Labute approximate surface area is 555 Å². The second kappa shape index (κ2) is 26.9. The van der Waals surface area contributed by atoms with Crippen LogP contribution in [0.5, 0.6) is 0 Å². The van der Waals surface area contributed by atoms with Crippen molar-refractivity contribution in [2.24, 2.45) is 17.8 Å². The summed E-state index contributed by atoms with van der Waals surface area (Å²) < 4.78 is 9.60. The van der Waals surface area contributed by atoms with Crippen molar-refractivity contribution >= 4 is 101 Å². The molecule has 14 nitrogen and oxygen atoms in total. The van der Waals surface area contributed by atoms with Crippen LogP contribution in [-0.4, -0.2) is 61.8 Å². The molecule has 0 atom stereocenters. The maximum Gasteiger partial charge on any atom is 0.344 e. The topological polar surface area (TPSA) is 195 Å². The van der Waals surface area contributed by atoms with Crippen molar-refractivity contribution in [1.29, 1.82) is 0 Å². The van der Waals surface area contributed by atoms with Gasteiger partial charge >= 0.3 is 17.9 Å². The van der Waals surface area contributed by atoms with Crippen LogP contribution in [0.4, 0.5) is 49.1 Å². The lowest BCUT2D eigenvalue weighted by Gasteiger charge is -2.39. The van der Waals surface area contributed by atoms with Crippen LogP contribution in [0.25, 0.3) is 0 Å². The summed E-state index contributed by atoms with van der Waals surface area (Å²) in [6.45, 7) is 50.5. The zero-order valence-corrected chi connectivity index (χ0v) is 61.2. The zero-order valence-electron chi connectivity index (χ0n) is 58.8. The van der Waals surface area contributed by atoms with Crippen LogP contribution in [0.3, 0.4) is 0 Å². The number of ether oxygens (including phenoxy) is 2. The van der Waals surface area contributed by atoms with Crippen molar-refractivity contribution < 1.29 is 33.9 Å². The van der Waals surface area contributed by atoms with E-state index in [1.807, 2.05) is 52.2 Å². The highest BCUT2D eigenvalue weighted by atomic mass is 32.1. The summed E-state index contributed by atoms with van der Waals surface area (Å²) in [6, 6.07) is 15.8. The normalized spacial score (nSPS) is 16.9. The van der Waals surface area contributed by atoms with Gasteiger partial charge in [0.05, 0.1) is 45.3 Å². The Morgan fingerprint density at radius 3 is 1.03 bits per heavy atom. The Morgan fingerprint density at radius 2 is 0.769 bits per heavy atom. The van der Waals surface area contributed by atoms with Crippen LogP contribution in [0.1, 0.15) is 242 Å². The van der Waals surface area contributed by atoms with Gasteiger partial charge in [0.25, 0.3) is 5.69 Å². The SMILES string of the molecule is COC(=O)c1ccc(N(CC(C)C)c2sc3c(c2C)C(C)(C)CCC3(C)C)cc1N.COC(=O)c1ccc(N(CC(C)C)c2sc3c(c2C)C(C)(C)CCC3(C)C)cc1[N+](=O)[O-].Cc1c(N(CC(C)C)c2ccc(C(=O)O)c(N)c2)sc2c1C(C)(C)CCC2(C)C. The van der Waals surface area contributed by atoms with Crippen molar-refractivity contribution in [2.75, 3.05) is 60.0 Å². The maximum absolute atomic E-state index is 12.1. The molecule has 91 heavy (non-hydrogen) atoms. The average Bonchev–Trinajstić information content (AvgIpc) is 1.61. The quantitative estimate of drug-likeness (QED) is 0.0359. The number of aromatic carboxylic acids is 1. The number of fused-ring (bicyclic) bond motifs is 3. The number of anilines is 8. The lowest BCUT2D eigenvalue weighted by atomic mass is 9.66. The fourth-order valence-electron chi connectivity index (χ4n) is 13.8. The second-order valence-corrected chi connectivity index (χ2v) is 33.8. The molecule has 0 fully saturated rings. The van der Waals surface area contributed by atoms with Gasteiger partial charge in [0.2, 0.25) is 0 Å². The van der Waals surface area contributed by atoms with Crippen molar-refractivity contribution in [1.82, 2.24) is 0 Å². The number of carbonyl (C=O) groups excluding carboxylic acids is 2. The molecular weight excluding hydrogens is 1200 g/mol. The van der Waals surface area contributed by atoms with E-state index in [9.17, 15) is 29.6 Å². The number of nitro groups is 1. The van der Waals surface area contributed by atoms with Gasteiger partial charge in [-0.05, 0) is 191 Å². The van der Waals surface area contributed by atoms with E-state index < -0.39 is 22.8 Å². The molecule has 3 heterocycles. The molecular formula is C74H104N6O8S3. The molecule has 6 aromatic rings. The minimum absolute atomic E-state index is 0.0322. The molecule has 0 unspecified atom stereocenters. The van der Waals surface area contributed by atoms with Crippen LogP contribution in [0.15, 0.2) is 54.6 Å². The fourth-order valence-corrected chi connectivity index (χ4v) is 18.7. The van der Waals surface area contributed by atoms with Crippen LogP contribution < -0.4 is 26.2 Å². The van der Waals surface area contributed by atoms with E-state index in [1.165, 1.54) is 110 Å². The van der Waals surface area contributed by atoms with Gasteiger partial charge in [0.15, 0.2) is 0 Å². The predicted molar refractivity (Wildman–Crippen MR) is 383 cm³/mol. The van der Waals surface area contributed by atoms with Crippen LogP contribution >= 0.6 is 34.0 Å². The number of nitrogens with zero attached hydrogens (tertiary/aromatic N) is 4. The van der Waals surface area contributed by atoms with E-state index in [4.69, 9.17) is 20.9 Å². The lowest BCUT2D eigenvalue weighted by Crippen LogP contribution is -2.32. The summed E-state index contributed by atoms with van der Waals surface area (Å²) in [4.78, 5) is 58.0. The number of nitrogen functional groups attached to an aromatic ring is 2. The van der Waals surface area contributed by atoms with E-state index in [0.717, 1.165) is 54.5 Å². The summed E-state index contributed by atoms with van der Waals surface area (Å²) in [6.07, 6.45) is 7.06. The van der Waals surface area contributed by atoms with E-state index >= 15 is 0 Å². The average molecular weight is 1300 g/mol. The number of methoxy groups -OCH3 is 2. The first-order valence-electron chi connectivity index (χ1n) is 32.3. The van der Waals surface area contributed by atoms with Crippen LogP contribution in [0.2, 0.25) is 0 Å². The van der Waals surface area contributed by atoms with E-state index in [1.54, 1.807) is 24.3 Å². The number of carboxylic acids is 1. The molecule has 0 saturated heterocycles. The van der Waals surface area contributed by atoms with Crippen molar-refractivity contribution in [3.63, 3.8) is 0 Å². The van der Waals surface area contributed by atoms with Crippen molar-refractivity contribution in [3.8, 4) is 0 Å². The maximum atomic E-state index is 12.1. The van der Waals surface area contributed by atoms with Gasteiger partial charge in [-0.1, -0.05) is 125 Å². The number of rotatable bonds is 16. The summed E-state index contributed by atoms with van der Waals surface area (Å²) in [5, 5.41) is 24.8. The molecule has 17 heteroatoms. The number of nitrogens with two attached hydrogens (primary N) is 2. The Balaban J connectivity index is 0.000000194.